The van der Waals surface area contributed by atoms with E-state index >= 15 is 0 Å². The van der Waals surface area contributed by atoms with Crippen LogP contribution >= 0.6 is 11.3 Å². The van der Waals surface area contributed by atoms with Crippen LogP contribution in [0.4, 0.5) is 8.78 Å². The highest BCUT2D eigenvalue weighted by Gasteiger charge is 2.28. The number of halogens is 2. The number of hydrogen-bond donors (Lipinski definition) is 1. The van der Waals surface area contributed by atoms with Crippen molar-refractivity contribution >= 4 is 27.5 Å². The Morgan fingerprint density at radius 2 is 2.10 bits per heavy atom. The number of likely N-dealkylation sites (tertiary alicyclic amines) is 1. The fourth-order valence-electron chi connectivity index (χ4n) is 3.89. The molecule has 0 aliphatic carbocycles. The predicted octanol–water partition coefficient (Wildman–Crippen LogP) is 4.98. The smallest absolute Gasteiger partial charge is 0.234 e. The topological polar surface area (TPSA) is 45.2 Å². The number of hydrogen-bond acceptors (Lipinski definition) is 4. The highest BCUT2D eigenvalue weighted by Crippen LogP contribution is 2.35. The molecule has 0 saturated carbocycles. The number of nitrogens with zero attached hydrogens (tertiary/aromatic N) is 2. The number of amides is 1. The lowest BCUT2D eigenvalue weighted by atomic mass is 10.0. The molecule has 152 valence electrons. The Kier molecular flexibility index (Phi) is 5.87. The minimum atomic E-state index is -0.650. The summed E-state index contributed by atoms with van der Waals surface area (Å²) in [6, 6.07) is 11.1. The second kappa shape index (κ2) is 8.55. The molecule has 1 saturated heterocycles. The highest BCUT2D eigenvalue weighted by molar-refractivity contribution is 7.18. The number of fused-ring (bicyclic) bond motifs is 1. The van der Waals surface area contributed by atoms with Crippen LogP contribution in [-0.4, -0.2) is 28.9 Å². The summed E-state index contributed by atoms with van der Waals surface area (Å²) in [5.41, 5.74) is 1.27. The summed E-state index contributed by atoms with van der Waals surface area (Å²) in [5.74, 6) is -1.45. The van der Waals surface area contributed by atoms with Crippen LogP contribution in [0.2, 0.25) is 0 Å². The van der Waals surface area contributed by atoms with Crippen LogP contribution in [0.3, 0.4) is 0 Å². The molecule has 2 heterocycles. The van der Waals surface area contributed by atoms with Gasteiger partial charge in [-0.25, -0.2) is 13.8 Å². The van der Waals surface area contributed by atoms with Crippen LogP contribution in [-0.2, 0) is 4.79 Å². The van der Waals surface area contributed by atoms with Gasteiger partial charge >= 0.3 is 0 Å². The number of para-hydroxylation sites is 1. The van der Waals surface area contributed by atoms with Crippen molar-refractivity contribution in [2.75, 3.05) is 13.1 Å². The summed E-state index contributed by atoms with van der Waals surface area (Å²) in [4.78, 5) is 19.6. The Morgan fingerprint density at radius 1 is 1.28 bits per heavy atom. The molecule has 0 unspecified atom stereocenters. The van der Waals surface area contributed by atoms with Gasteiger partial charge in [-0.1, -0.05) is 24.6 Å². The van der Waals surface area contributed by atoms with Crippen LogP contribution in [0.15, 0.2) is 42.5 Å². The van der Waals surface area contributed by atoms with Crippen molar-refractivity contribution in [3.05, 3.63) is 64.7 Å². The number of carbonyl (C=O) groups excluding carboxylic acids is 1. The van der Waals surface area contributed by atoms with Gasteiger partial charge in [0.2, 0.25) is 5.91 Å². The Hall–Kier alpha value is -2.38. The quantitative estimate of drug-likeness (QED) is 0.639. The van der Waals surface area contributed by atoms with E-state index in [9.17, 15) is 13.6 Å². The molecule has 1 N–H and O–H groups in total. The van der Waals surface area contributed by atoms with E-state index in [0.717, 1.165) is 47.1 Å². The molecule has 4 rings (SSSR count). The van der Waals surface area contributed by atoms with Crippen molar-refractivity contribution in [2.45, 2.75) is 38.3 Å². The van der Waals surface area contributed by atoms with E-state index in [4.69, 9.17) is 4.98 Å². The number of rotatable bonds is 5. The summed E-state index contributed by atoms with van der Waals surface area (Å²) < 4.78 is 28.3. The first-order valence-corrected chi connectivity index (χ1v) is 10.7. The van der Waals surface area contributed by atoms with Crippen LogP contribution in [0, 0.1) is 11.6 Å². The maximum Gasteiger partial charge on any atom is 0.234 e. The van der Waals surface area contributed by atoms with E-state index in [0.29, 0.717) is 0 Å². The molecule has 7 heteroatoms. The molecule has 0 bridgehead atoms. The van der Waals surface area contributed by atoms with E-state index in [1.165, 1.54) is 12.1 Å². The number of benzene rings is 2. The monoisotopic (exact) mass is 415 g/mol. The highest BCUT2D eigenvalue weighted by atomic mass is 32.1. The van der Waals surface area contributed by atoms with Crippen molar-refractivity contribution in [1.82, 2.24) is 15.2 Å². The summed E-state index contributed by atoms with van der Waals surface area (Å²) in [5, 5.41) is 3.88. The molecule has 2 aromatic carbocycles. The third-order valence-electron chi connectivity index (χ3n) is 5.36. The lowest BCUT2D eigenvalue weighted by Gasteiger charge is -2.34. The third kappa shape index (κ3) is 4.46. The van der Waals surface area contributed by atoms with E-state index in [1.807, 2.05) is 18.2 Å². The molecule has 1 aliphatic heterocycles. The maximum atomic E-state index is 14.0. The SMILES string of the molecule is C[C@H](NC(=O)CN1CCCC[C@@H]1c1nc2ccccc2s1)c1ccc(F)cc1F. The first-order valence-electron chi connectivity index (χ1n) is 9.85. The zero-order valence-electron chi connectivity index (χ0n) is 16.2. The maximum absolute atomic E-state index is 14.0. The molecule has 29 heavy (non-hydrogen) atoms. The zero-order valence-corrected chi connectivity index (χ0v) is 17.0. The standard InChI is InChI=1S/C22H23F2N3OS/c1-14(16-10-9-15(23)12-17(16)24)25-21(28)13-27-11-5-4-7-19(27)22-26-18-6-2-3-8-20(18)29-22/h2-3,6,8-10,12,14,19H,4-5,7,11,13H2,1H3,(H,25,28)/t14-,19+/m0/s1. The van der Waals surface area contributed by atoms with Crippen molar-refractivity contribution in [1.29, 1.82) is 0 Å². The summed E-state index contributed by atoms with van der Waals surface area (Å²) in [6.07, 6.45) is 3.11. The second-order valence-electron chi connectivity index (χ2n) is 7.46. The zero-order chi connectivity index (χ0) is 20.4. The molecule has 3 aromatic rings. The fourth-order valence-corrected chi connectivity index (χ4v) is 5.03. The van der Waals surface area contributed by atoms with Gasteiger partial charge in [0.25, 0.3) is 0 Å². The van der Waals surface area contributed by atoms with Crippen LogP contribution < -0.4 is 5.32 Å². The Morgan fingerprint density at radius 3 is 2.90 bits per heavy atom. The Balaban J connectivity index is 1.45. The van der Waals surface area contributed by atoms with Gasteiger partial charge < -0.3 is 5.32 Å². The van der Waals surface area contributed by atoms with E-state index in [1.54, 1.807) is 18.3 Å². The molecule has 0 radical (unpaired) electrons. The van der Waals surface area contributed by atoms with Gasteiger partial charge in [-0.2, -0.15) is 0 Å². The first-order chi connectivity index (χ1) is 14.0. The number of nitrogens with one attached hydrogen (secondary N) is 1. The van der Waals surface area contributed by atoms with Gasteiger partial charge in [0.05, 0.1) is 28.8 Å². The van der Waals surface area contributed by atoms with Crippen molar-refractivity contribution < 1.29 is 13.6 Å². The van der Waals surface area contributed by atoms with Crippen molar-refractivity contribution in [3.63, 3.8) is 0 Å². The first kappa shape index (κ1) is 19.9. The minimum absolute atomic E-state index is 0.116. The number of piperidine rings is 1. The van der Waals surface area contributed by atoms with Gasteiger partial charge in [-0.15, -0.1) is 11.3 Å². The Labute approximate surface area is 172 Å². The third-order valence-corrected chi connectivity index (χ3v) is 6.50. The Bertz CT molecular complexity index is 989. The lowest BCUT2D eigenvalue weighted by Crippen LogP contribution is -2.42. The van der Waals surface area contributed by atoms with Crippen molar-refractivity contribution in [3.8, 4) is 0 Å². The second-order valence-corrected chi connectivity index (χ2v) is 8.52. The summed E-state index contributed by atoms with van der Waals surface area (Å²) in [6.45, 7) is 2.76. The minimum Gasteiger partial charge on any atom is -0.348 e. The molecular formula is C22H23F2N3OS. The average Bonchev–Trinajstić information content (AvgIpc) is 3.12. The van der Waals surface area contributed by atoms with Crippen LogP contribution in [0.5, 0.6) is 0 Å². The molecule has 0 spiro atoms. The van der Waals surface area contributed by atoms with E-state index in [2.05, 4.69) is 16.3 Å². The van der Waals surface area contributed by atoms with E-state index in [-0.39, 0.29) is 24.1 Å². The molecular weight excluding hydrogens is 392 g/mol. The van der Waals surface area contributed by atoms with Gasteiger partial charge in [0, 0.05) is 11.6 Å². The normalized spacial score (nSPS) is 18.7. The summed E-state index contributed by atoms with van der Waals surface area (Å²) >= 11 is 1.68. The number of aromatic nitrogens is 1. The van der Waals surface area contributed by atoms with E-state index < -0.39 is 17.7 Å². The fraction of sp³-hybridized carbons (Fsp3) is 0.364. The van der Waals surface area contributed by atoms with Crippen LogP contribution in [0.1, 0.15) is 48.8 Å². The molecule has 2 atom stereocenters. The molecule has 1 amide bonds. The molecule has 1 aromatic heterocycles. The largest absolute Gasteiger partial charge is 0.348 e. The number of carbonyl (C=O) groups is 1. The molecule has 1 fully saturated rings. The summed E-state index contributed by atoms with van der Waals surface area (Å²) in [7, 11) is 0. The van der Waals surface area contributed by atoms with Gasteiger partial charge in [-0.3, -0.25) is 9.69 Å². The van der Waals surface area contributed by atoms with Gasteiger partial charge in [0.15, 0.2) is 0 Å². The number of thiazole rings is 1. The molecule has 4 nitrogen and oxygen atoms in total. The van der Waals surface area contributed by atoms with Crippen molar-refractivity contribution in [2.24, 2.45) is 0 Å². The average molecular weight is 416 g/mol. The van der Waals surface area contributed by atoms with Gasteiger partial charge in [0.1, 0.15) is 16.6 Å². The predicted molar refractivity (Wildman–Crippen MR) is 111 cm³/mol. The van der Waals surface area contributed by atoms with Gasteiger partial charge in [-0.05, 0) is 44.5 Å². The molecule has 1 aliphatic rings. The lowest BCUT2D eigenvalue weighted by molar-refractivity contribution is -0.123. The van der Waals surface area contributed by atoms with Crippen LogP contribution in [0.25, 0.3) is 10.2 Å².